The highest BCUT2D eigenvalue weighted by molar-refractivity contribution is 6.30. The van der Waals surface area contributed by atoms with Gasteiger partial charge >= 0.3 is 0 Å². The zero-order valence-corrected chi connectivity index (χ0v) is 37.4. The molecule has 0 bridgehead atoms. The Labute approximate surface area is 379 Å². The molecule has 0 aliphatic carbocycles. The second-order valence-corrected chi connectivity index (χ2v) is 19.1. The summed E-state index contributed by atoms with van der Waals surface area (Å²) in [5, 5.41) is 12.3. The van der Waals surface area contributed by atoms with Crippen molar-refractivity contribution in [1.82, 2.24) is 25.1 Å². The van der Waals surface area contributed by atoms with Gasteiger partial charge in [-0.2, -0.15) is 5.26 Å². The minimum Gasteiger partial charge on any atom is -0.487 e. The number of imide groups is 2. The topological polar surface area (TPSA) is 152 Å². The van der Waals surface area contributed by atoms with E-state index in [4.69, 9.17) is 21.3 Å². The predicted octanol–water partition coefficient (Wildman–Crippen LogP) is 7.15. The number of ether oxygens (including phenoxy) is 1. The number of nitrogens with zero attached hydrogens (tertiary/aromatic N) is 7. The molecule has 1 aromatic heterocycles. The maximum atomic E-state index is 13.7. The van der Waals surface area contributed by atoms with Crippen molar-refractivity contribution in [2.24, 2.45) is 17.8 Å². The molecule has 1 unspecified atom stereocenters. The molecule has 3 aromatic carbocycles. The molecule has 64 heavy (non-hydrogen) atoms. The zero-order valence-electron chi connectivity index (χ0n) is 36.6. The Kier molecular flexibility index (Phi) is 12.4. The van der Waals surface area contributed by atoms with Gasteiger partial charge in [0.05, 0.1) is 34.1 Å². The molecule has 332 valence electrons. The van der Waals surface area contributed by atoms with Gasteiger partial charge in [-0.05, 0) is 135 Å². The zero-order chi connectivity index (χ0) is 44.5. The van der Waals surface area contributed by atoms with Crippen LogP contribution < -0.4 is 19.9 Å². The highest BCUT2D eigenvalue weighted by atomic mass is 35.5. The smallest absolute Gasteiger partial charge is 0.264 e. The van der Waals surface area contributed by atoms with E-state index in [1.54, 1.807) is 12.1 Å². The number of anilines is 2. The highest BCUT2D eigenvalue weighted by Crippen LogP contribution is 2.39. The molecule has 5 aliphatic rings. The molecule has 4 fully saturated rings. The van der Waals surface area contributed by atoms with Gasteiger partial charge in [0.2, 0.25) is 17.8 Å². The van der Waals surface area contributed by atoms with E-state index in [0.717, 1.165) is 111 Å². The summed E-state index contributed by atoms with van der Waals surface area (Å²) < 4.78 is 6.16. The number of carbonyl (C=O) groups excluding carboxylic acids is 4. The summed E-state index contributed by atoms with van der Waals surface area (Å²) in [7, 11) is 0. The van der Waals surface area contributed by atoms with Crippen LogP contribution in [0.3, 0.4) is 0 Å². The first kappa shape index (κ1) is 43.4. The lowest BCUT2D eigenvalue weighted by atomic mass is 9.78. The van der Waals surface area contributed by atoms with Crippen molar-refractivity contribution in [3.8, 4) is 11.8 Å². The van der Waals surface area contributed by atoms with E-state index >= 15 is 0 Å². The number of piperidine rings is 4. The molecule has 13 nitrogen and oxygen atoms in total. The number of nitrogens with one attached hydrogen (secondary N) is 1. The SMILES string of the molecule is CC(C)(c1ccc(OCc2ccnc(N3CCC(CN4CCC(C5CCN(c6cccc7c6C(=O)N(C6CCC(=O)NC6=O)C7=O)CC5)CC4)CC3)n2)cc1)c1cc(Cl)cc(C#N)c1. The van der Waals surface area contributed by atoms with Gasteiger partial charge in [0.15, 0.2) is 0 Å². The minimum absolute atomic E-state index is 0.103. The van der Waals surface area contributed by atoms with Crippen molar-refractivity contribution in [3.63, 3.8) is 0 Å². The van der Waals surface area contributed by atoms with Gasteiger partial charge in [-0.15, -0.1) is 0 Å². The van der Waals surface area contributed by atoms with Crippen molar-refractivity contribution in [1.29, 1.82) is 5.26 Å². The number of likely N-dealkylation sites (tertiary alicyclic amines) is 1. The molecule has 0 spiro atoms. The van der Waals surface area contributed by atoms with E-state index in [2.05, 4.69) is 57.0 Å². The Hall–Kier alpha value is -5.84. The van der Waals surface area contributed by atoms with E-state index in [-0.39, 0.29) is 24.2 Å². The Morgan fingerprint density at radius 2 is 1.52 bits per heavy atom. The van der Waals surface area contributed by atoms with Crippen molar-refractivity contribution in [3.05, 3.63) is 111 Å². The molecule has 0 saturated carbocycles. The lowest BCUT2D eigenvalue weighted by Crippen LogP contribution is -2.54. The fourth-order valence-corrected chi connectivity index (χ4v) is 10.8. The Bertz CT molecular complexity index is 2460. The normalized spacial score (nSPS) is 20.7. The molecule has 14 heteroatoms. The Morgan fingerprint density at radius 3 is 2.22 bits per heavy atom. The lowest BCUT2D eigenvalue weighted by Gasteiger charge is -2.42. The number of aromatic nitrogens is 2. The third-order valence-electron chi connectivity index (χ3n) is 14.5. The number of amides is 4. The molecule has 1 atom stereocenters. The standard InChI is InChI=1S/C50H55ClN8O5/c1-50(2,37-26-33(29-52)27-38(51)28-37)36-6-8-40(9-7-36)64-31-39-12-19-53-49(54-39)58-22-13-32(14-23-58)30-56-20-15-34(16-21-56)35-17-24-57(25-18-35)42-5-3-4-41-45(42)48(63)59(47(41)62)43-10-11-44(60)55-46(43)61/h3-9,12,19,26-28,32,34-35,43H,10-11,13-18,20-25,30-31H2,1-2H3,(H,55,60,61). The van der Waals surface area contributed by atoms with E-state index in [9.17, 15) is 24.4 Å². The number of fused-ring (bicyclic) bond motifs is 1. The maximum Gasteiger partial charge on any atom is 0.264 e. The molecule has 9 rings (SSSR count). The van der Waals surface area contributed by atoms with Crippen LogP contribution in [0.2, 0.25) is 5.02 Å². The summed E-state index contributed by atoms with van der Waals surface area (Å²) in [5.74, 6) is 1.62. The number of benzene rings is 3. The van der Waals surface area contributed by atoms with Gasteiger partial charge in [-0.3, -0.25) is 29.4 Å². The van der Waals surface area contributed by atoms with Gasteiger partial charge in [-0.25, -0.2) is 9.97 Å². The maximum absolute atomic E-state index is 13.7. The van der Waals surface area contributed by atoms with Crippen LogP contribution in [-0.4, -0.2) is 95.3 Å². The molecular weight excluding hydrogens is 828 g/mol. The molecule has 4 amide bonds. The van der Waals surface area contributed by atoms with Crippen molar-refractivity contribution in [2.45, 2.75) is 83.3 Å². The summed E-state index contributed by atoms with van der Waals surface area (Å²) >= 11 is 6.31. The summed E-state index contributed by atoms with van der Waals surface area (Å²) in [5.41, 5.74) is 4.59. The first-order valence-electron chi connectivity index (χ1n) is 22.8. The van der Waals surface area contributed by atoms with Crippen molar-refractivity contribution >= 4 is 46.9 Å². The average Bonchev–Trinajstić information content (AvgIpc) is 3.57. The number of nitriles is 1. The van der Waals surface area contributed by atoms with Gasteiger partial charge in [0.1, 0.15) is 18.4 Å². The summed E-state index contributed by atoms with van der Waals surface area (Å²) in [6, 6.07) is 22.1. The summed E-state index contributed by atoms with van der Waals surface area (Å²) in [6.45, 7) is 11.5. The molecule has 6 heterocycles. The molecule has 1 N–H and O–H groups in total. The number of halogens is 1. The molecule has 5 aliphatic heterocycles. The molecule has 4 aromatic rings. The van der Waals surface area contributed by atoms with E-state index in [0.29, 0.717) is 46.1 Å². The van der Waals surface area contributed by atoms with Gasteiger partial charge in [-0.1, -0.05) is 43.6 Å². The van der Waals surface area contributed by atoms with Crippen LogP contribution >= 0.6 is 11.6 Å². The largest absolute Gasteiger partial charge is 0.487 e. The second kappa shape index (κ2) is 18.3. The van der Waals surface area contributed by atoms with Crippen LogP contribution in [0.15, 0.2) is 72.9 Å². The second-order valence-electron chi connectivity index (χ2n) is 18.7. The lowest BCUT2D eigenvalue weighted by molar-refractivity contribution is -0.136. The number of hydrogen-bond acceptors (Lipinski definition) is 11. The molecular formula is C50H55ClN8O5. The summed E-state index contributed by atoms with van der Waals surface area (Å²) in [6.07, 6.45) is 8.80. The van der Waals surface area contributed by atoms with Crippen LogP contribution in [0, 0.1) is 29.1 Å². The van der Waals surface area contributed by atoms with Crippen molar-refractivity contribution < 1.29 is 23.9 Å². The van der Waals surface area contributed by atoms with E-state index in [1.807, 2.05) is 48.7 Å². The van der Waals surface area contributed by atoms with Crippen molar-refractivity contribution in [2.75, 3.05) is 55.6 Å². The number of hydrogen-bond donors (Lipinski definition) is 1. The minimum atomic E-state index is -0.965. The monoisotopic (exact) mass is 882 g/mol. The molecule has 0 radical (unpaired) electrons. The fourth-order valence-electron chi connectivity index (χ4n) is 10.6. The van der Waals surface area contributed by atoms with Crippen LogP contribution in [0.25, 0.3) is 0 Å². The van der Waals surface area contributed by atoms with E-state index in [1.165, 1.54) is 12.8 Å². The Balaban J connectivity index is 0.708. The van der Waals surface area contributed by atoms with Gasteiger partial charge in [0, 0.05) is 55.8 Å². The first-order chi connectivity index (χ1) is 30.9. The highest BCUT2D eigenvalue weighted by Gasteiger charge is 2.46. The van der Waals surface area contributed by atoms with Gasteiger partial charge in [0.25, 0.3) is 11.8 Å². The predicted molar refractivity (Wildman–Crippen MR) is 243 cm³/mol. The number of rotatable bonds is 11. The number of carbonyl (C=O) groups is 4. The fraction of sp³-hybridized carbons (Fsp3) is 0.460. The third-order valence-corrected chi connectivity index (χ3v) is 14.7. The van der Waals surface area contributed by atoms with Crippen LogP contribution in [0.1, 0.15) is 108 Å². The first-order valence-corrected chi connectivity index (χ1v) is 23.2. The van der Waals surface area contributed by atoms with Crippen LogP contribution in [0.5, 0.6) is 5.75 Å². The quantitative estimate of drug-likeness (QED) is 0.153. The molecule has 4 saturated heterocycles. The van der Waals surface area contributed by atoms with Crippen LogP contribution in [-0.2, 0) is 21.6 Å². The van der Waals surface area contributed by atoms with Crippen LogP contribution in [0.4, 0.5) is 11.6 Å². The third kappa shape index (κ3) is 8.95. The Morgan fingerprint density at radius 1 is 0.812 bits per heavy atom. The summed E-state index contributed by atoms with van der Waals surface area (Å²) in [4.78, 5) is 69.2. The van der Waals surface area contributed by atoms with Gasteiger partial charge < -0.3 is 19.4 Å². The average molecular weight is 883 g/mol. The van der Waals surface area contributed by atoms with E-state index < -0.39 is 23.8 Å².